The van der Waals surface area contributed by atoms with E-state index >= 15 is 0 Å². The summed E-state index contributed by atoms with van der Waals surface area (Å²) in [7, 11) is -2.64. The molecular weight excluding hydrogens is 524 g/mol. The molecule has 214 valence electrons. The summed E-state index contributed by atoms with van der Waals surface area (Å²) in [6.07, 6.45) is 2.64. The summed E-state index contributed by atoms with van der Waals surface area (Å²) in [6.45, 7) is 0.461. The molecule has 1 amide bonds. The predicted octanol–water partition coefficient (Wildman–Crippen LogP) is 3.44. The molecule has 0 bridgehead atoms. The number of rotatable bonds is 12. The fraction of sp³-hybridized carbons (Fsp3) is 0.536. The van der Waals surface area contributed by atoms with Crippen LogP contribution in [0.3, 0.4) is 0 Å². The fourth-order valence-electron chi connectivity index (χ4n) is 4.77. The summed E-state index contributed by atoms with van der Waals surface area (Å²) in [4.78, 5) is 18.8. The molecule has 0 spiro atoms. The van der Waals surface area contributed by atoms with E-state index in [9.17, 15) is 18.3 Å². The number of hydrogen-bond acceptors (Lipinski definition) is 8. The Balaban J connectivity index is 1.55. The molecule has 0 radical (unpaired) electrons. The van der Waals surface area contributed by atoms with E-state index in [0.717, 1.165) is 42.1 Å². The van der Waals surface area contributed by atoms with Gasteiger partial charge in [-0.25, -0.2) is 13.2 Å². The molecule has 1 unspecified atom stereocenters. The number of aliphatic hydroxyl groups excluding tert-OH is 1. The van der Waals surface area contributed by atoms with Gasteiger partial charge in [-0.05, 0) is 49.1 Å². The maximum absolute atomic E-state index is 13.7. The number of nitrogens with zero attached hydrogens (tertiary/aromatic N) is 1. The van der Waals surface area contributed by atoms with Crippen molar-refractivity contribution in [3.05, 3.63) is 60.2 Å². The van der Waals surface area contributed by atoms with Crippen molar-refractivity contribution in [1.29, 1.82) is 0 Å². The number of ether oxygens (including phenoxy) is 3. The third kappa shape index (κ3) is 8.39. The molecular formula is C28H38N2O8S. The Labute approximate surface area is 230 Å². The smallest absolute Gasteiger partial charge is 0.407 e. The number of amides is 1. The van der Waals surface area contributed by atoms with Crippen LogP contribution in [-0.2, 0) is 30.8 Å². The number of aliphatic hydroxyl groups is 1. The van der Waals surface area contributed by atoms with Gasteiger partial charge < -0.3 is 24.6 Å². The van der Waals surface area contributed by atoms with Crippen LogP contribution in [0.4, 0.5) is 4.79 Å². The van der Waals surface area contributed by atoms with E-state index in [1.54, 1.807) is 12.1 Å². The predicted molar refractivity (Wildman–Crippen MR) is 144 cm³/mol. The number of hydrogen-bond donors (Lipinski definition) is 2. The number of sulfonamides is 1. The zero-order chi connectivity index (χ0) is 27.7. The third-order valence-corrected chi connectivity index (χ3v) is 8.65. The second-order valence-corrected chi connectivity index (χ2v) is 11.8. The zero-order valence-electron chi connectivity index (χ0n) is 22.2. The molecule has 2 aromatic rings. The molecule has 1 aliphatic carbocycles. The first kappa shape index (κ1) is 29.3. The molecule has 1 saturated heterocycles. The molecule has 1 saturated carbocycles. The highest BCUT2D eigenvalue weighted by molar-refractivity contribution is 7.89. The number of benzene rings is 2. The Hall–Kier alpha value is -2.70. The standard InChI is InChI=1S/C28H38N2O8S/c1-35-22-12-14-25(15-13-22)39(33,34)30(38-23-10-6-3-7-11-23)19-27(31)26(18-21-8-4-2-5-9-21)29-28(32)37-24-16-17-36-20-24/h2,4-5,8-9,12-15,23-24,26-27,31H,3,6-7,10-11,16-20H2,1H3,(H,29,32)/t24?,26-,27+/m0/s1. The first-order chi connectivity index (χ1) is 18.8. The zero-order valence-corrected chi connectivity index (χ0v) is 23.1. The van der Waals surface area contributed by atoms with E-state index in [0.29, 0.717) is 25.4 Å². The Kier molecular flexibility index (Phi) is 10.6. The van der Waals surface area contributed by atoms with Crippen molar-refractivity contribution >= 4 is 16.1 Å². The molecule has 3 atom stereocenters. The van der Waals surface area contributed by atoms with E-state index in [1.807, 2.05) is 30.3 Å². The van der Waals surface area contributed by atoms with Crippen molar-refractivity contribution in [1.82, 2.24) is 9.79 Å². The minimum absolute atomic E-state index is 0.0134. The highest BCUT2D eigenvalue weighted by Gasteiger charge is 2.34. The monoisotopic (exact) mass is 562 g/mol. The van der Waals surface area contributed by atoms with Gasteiger partial charge in [-0.1, -0.05) is 54.1 Å². The molecule has 2 aromatic carbocycles. The van der Waals surface area contributed by atoms with Crippen LogP contribution in [0.1, 0.15) is 44.1 Å². The summed E-state index contributed by atoms with van der Waals surface area (Å²) < 4.78 is 44.2. The van der Waals surface area contributed by atoms with E-state index in [2.05, 4.69) is 5.32 Å². The lowest BCUT2D eigenvalue weighted by Gasteiger charge is -2.32. The van der Waals surface area contributed by atoms with Gasteiger partial charge in [0.05, 0.1) is 50.0 Å². The average Bonchev–Trinajstić information content (AvgIpc) is 3.46. The highest BCUT2D eigenvalue weighted by atomic mass is 32.2. The first-order valence-corrected chi connectivity index (χ1v) is 14.9. The molecule has 2 fully saturated rings. The maximum atomic E-state index is 13.7. The van der Waals surface area contributed by atoms with Gasteiger partial charge in [0, 0.05) is 6.42 Å². The lowest BCUT2D eigenvalue weighted by Crippen LogP contribution is -2.51. The van der Waals surface area contributed by atoms with Crippen molar-refractivity contribution in [2.45, 2.75) is 74.2 Å². The molecule has 39 heavy (non-hydrogen) atoms. The number of carbonyl (C=O) groups is 1. The van der Waals surface area contributed by atoms with Crippen molar-refractivity contribution < 1.29 is 37.4 Å². The number of nitrogens with one attached hydrogen (secondary N) is 1. The van der Waals surface area contributed by atoms with Crippen molar-refractivity contribution in [3.8, 4) is 5.75 Å². The minimum Gasteiger partial charge on any atom is -0.497 e. The van der Waals surface area contributed by atoms with E-state index in [4.69, 9.17) is 19.0 Å². The number of hydroxylamine groups is 1. The molecule has 2 aliphatic rings. The van der Waals surface area contributed by atoms with E-state index < -0.39 is 28.3 Å². The van der Waals surface area contributed by atoms with Gasteiger partial charge in [-0.2, -0.15) is 0 Å². The van der Waals surface area contributed by atoms with Crippen LogP contribution in [0.2, 0.25) is 0 Å². The maximum Gasteiger partial charge on any atom is 0.407 e. The number of methoxy groups -OCH3 is 1. The Morgan fingerprint density at radius 3 is 2.41 bits per heavy atom. The average molecular weight is 563 g/mol. The summed E-state index contributed by atoms with van der Waals surface area (Å²) in [6, 6.07) is 14.5. The SMILES string of the molecule is COc1ccc(S(=O)(=O)N(C[C@@H](O)[C@H](Cc2ccccc2)NC(=O)OC2CCOC2)OC2CCCCC2)cc1. The fourth-order valence-corrected chi connectivity index (χ4v) is 6.07. The van der Waals surface area contributed by atoms with Crippen molar-refractivity contribution in [2.75, 3.05) is 26.9 Å². The summed E-state index contributed by atoms with van der Waals surface area (Å²) in [5, 5.41) is 14.1. The van der Waals surface area contributed by atoms with E-state index in [1.165, 1.54) is 19.2 Å². The summed E-state index contributed by atoms with van der Waals surface area (Å²) in [5.41, 5.74) is 0.865. The van der Waals surface area contributed by atoms with Crippen LogP contribution in [0.25, 0.3) is 0 Å². The minimum atomic E-state index is -4.14. The summed E-state index contributed by atoms with van der Waals surface area (Å²) >= 11 is 0. The van der Waals surface area contributed by atoms with Crippen LogP contribution in [0.15, 0.2) is 59.5 Å². The molecule has 1 heterocycles. The summed E-state index contributed by atoms with van der Waals surface area (Å²) in [5.74, 6) is 0.520. The molecule has 10 nitrogen and oxygen atoms in total. The lowest BCUT2D eigenvalue weighted by molar-refractivity contribution is -0.156. The third-order valence-electron chi connectivity index (χ3n) is 7.01. The first-order valence-electron chi connectivity index (χ1n) is 13.5. The molecule has 1 aliphatic heterocycles. The number of carbonyl (C=O) groups excluding carboxylic acids is 1. The van der Waals surface area contributed by atoms with E-state index in [-0.39, 0.29) is 30.1 Å². The van der Waals surface area contributed by atoms with Crippen LogP contribution >= 0.6 is 0 Å². The van der Waals surface area contributed by atoms with Gasteiger partial charge in [0.15, 0.2) is 0 Å². The Morgan fingerprint density at radius 2 is 1.77 bits per heavy atom. The van der Waals surface area contributed by atoms with Crippen LogP contribution in [0.5, 0.6) is 5.75 Å². The lowest BCUT2D eigenvalue weighted by atomic mass is 9.98. The molecule has 4 rings (SSSR count). The highest BCUT2D eigenvalue weighted by Crippen LogP contribution is 2.26. The Bertz CT molecular complexity index is 1130. The van der Waals surface area contributed by atoms with Gasteiger partial charge in [-0.15, -0.1) is 0 Å². The molecule has 2 N–H and O–H groups in total. The normalized spacial score (nSPS) is 19.9. The topological polar surface area (TPSA) is 124 Å². The molecule has 0 aromatic heterocycles. The number of alkyl carbamates (subject to hydrolysis) is 1. The Morgan fingerprint density at radius 1 is 1.05 bits per heavy atom. The van der Waals surface area contributed by atoms with Gasteiger partial charge in [-0.3, -0.25) is 4.84 Å². The van der Waals surface area contributed by atoms with Crippen LogP contribution < -0.4 is 10.1 Å². The van der Waals surface area contributed by atoms with Crippen molar-refractivity contribution in [3.63, 3.8) is 0 Å². The molecule has 11 heteroatoms. The van der Waals surface area contributed by atoms with Gasteiger partial charge >= 0.3 is 6.09 Å². The van der Waals surface area contributed by atoms with Crippen molar-refractivity contribution in [2.24, 2.45) is 0 Å². The van der Waals surface area contributed by atoms with Crippen LogP contribution in [0, 0.1) is 0 Å². The largest absolute Gasteiger partial charge is 0.497 e. The van der Waals surface area contributed by atoms with Crippen LogP contribution in [-0.4, -0.2) is 75.3 Å². The second-order valence-electron chi connectivity index (χ2n) is 9.93. The van der Waals surface area contributed by atoms with Gasteiger partial charge in [0.1, 0.15) is 11.9 Å². The second kappa shape index (κ2) is 14.1. The van der Waals surface area contributed by atoms with Gasteiger partial charge in [0.2, 0.25) is 0 Å². The van der Waals surface area contributed by atoms with Gasteiger partial charge in [0.25, 0.3) is 10.0 Å². The quantitative estimate of drug-likeness (QED) is 0.377.